The van der Waals surface area contributed by atoms with Crippen molar-refractivity contribution >= 4 is 0 Å². The van der Waals surface area contributed by atoms with Crippen LogP contribution in [0.1, 0.15) is 40.0 Å². The third-order valence-corrected chi connectivity index (χ3v) is 2.43. The van der Waals surface area contributed by atoms with Gasteiger partial charge < -0.3 is 10.1 Å². The maximum Gasteiger partial charge on any atom is 0.0465 e. The predicted molar refractivity (Wildman–Crippen MR) is 58.0 cm³/mol. The van der Waals surface area contributed by atoms with Crippen LogP contribution < -0.4 is 5.32 Å². The van der Waals surface area contributed by atoms with Crippen molar-refractivity contribution in [2.45, 2.75) is 46.1 Å². The molecule has 0 bridgehead atoms. The van der Waals surface area contributed by atoms with Crippen molar-refractivity contribution in [1.29, 1.82) is 0 Å². The molecule has 0 spiro atoms. The Morgan fingerprint density at radius 2 is 1.92 bits per heavy atom. The number of unbranched alkanes of at least 4 members (excludes halogenated alkanes) is 1. The third-order valence-electron chi connectivity index (χ3n) is 2.43. The lowest BCUT2D eigenvalue weighted by atomic mass is 9.99. The van der Waals surface area contributed by atoms with E-state index in [0.29, 0.717) is 6.04 Å². The van der Waals surface area contributed by atoms with Crippen LogP contribution in [0.4, 0.5) is 0 Å². The first-order valence-electron chi connectivity index (χ1n) is 5.47. The van der Waals surface area contributed by atoms with Crippen LogP contribution in [0.5, 0.6) is 0 Å². The van der Waals surface area contributed by atoms with Crippen molar-refractivity contribution in [3.8, 4) is 0 Å². The second-order valence-corrected chi connectivity index (χ2v) is 3.83. The van der Waals surface area contributed by atoms with Gasteiger partial charge in [-0.3, -0.25) is 0 Å². The third kappa shape index (κ3) is 7.03. The molecule has 1 unspecified atom stereocenters. The maximum absolute atomic E-state index is 5.29. The lowest BCUT2D eigenvalue weighted by Crippen LogP contribution is -2.30. The molecular weight excluding hydrogens is 162 g/mol. The van der Waals surface area contributed by atoms with Gasteiger partial charge in [0.15, 0.2) is 0 Å². The van der Waals surface area contributed by atoms with E-state index >= 15 is 0 Å². The Morgan fingerprint density at radius 1 is 1.23 bits per heavy atom. The first kappa shape index (κ1) is 12.9. The number of hydrogen-bond acceptors (Lipinski definition) is 2. The van der Waals surface area contributed by atoms with E-state index in [1.807, 2.05) is 14.0 Å². The molecule has 0 aliphatic carbocycles. The Labute approximate surface area is 83.1 Å². The molecule has 13 heavy (non-hydrogen) atoms. The monoisotopic (exact) mass is 187 g/mol. The molecule has 0 rings (SSSR count). The first-order chi connectivity index (χ1) is 6.22. The summed E-state index contributed by atoms with van der Waals surface area (Å²) in [5.74, 6) is 0.733. The summed E-state index contributed by atoms with van der Waals surface area (Å²) < 4.78 is 5.29. The second-order valence-electron chi connectivity index (χ2n) is 3.83. The van der Waals surface area contributed by atoms with Gasteiger partial charge in [-0.15, -0.1) is 0 Å². The topological polar surface area (TPSA) is 21.3 Å². The number of nitrogens with one attached hydrogen (secondary N) is 1. The SMILES string of the molecule is CCOCCCCC(NC)C(C)C. The van der Waals surface area contributed by atoms with Gasteiger partial charge in [-0.25, -0.2) is 0 Å². The summed E-state index contributed by atoms with van der Waals surface area (Å²) >= 11 is 0. The molecule has 0 aromatic carbocycles. The Morgan fingerprint density at radius 3 is 2.38 bits per heavy atom. The van der Waals surface area contributed by atoms with Gasteiger partial charge in [-0.1, -0.05) is 13.8 Å². The molecule has 2 heteroatoms. The van der Waals surface area contributed by atoms with Crippen LogP contribution >= 0.6 is 0 Å². The minimum absolute atomic E-state index is 0.668. The van der Waals surface area contributed by atoms with Crippen LogP contribution in [-0.4, -0.2) is 26.3 Å². The lowest BCUT2D eigenvalue weighted by Gasteiger charge is -2.19. The average molecular weight is 187 g/mol. The molecule has 80 valence electrons. The van der Waals surface area contributed by atoms with Crippen molar-refractivity contribution in [3.63, 3.8) is 0 Å². The van der Waals surface area contributed by atoms with E-state index in [9.17, 15) is 0 Å². The molecule has 0 saturated heterocycles. The summed E-state index contributed by atoms with van der Waals surface area (Å²) in [6.07, 6.45) is 3.73. The van der Waals surface area contributed by atoms with Crippen LogP contribution in [0.3, 0.4) is 0 Å². The Hall–Kier alpha value is -0.0800. The number of hydrogen-bond donors (Lipinski definition) is 1. The normalized spacial score (nSPS) is 13.6. The van der Waals surface area contributed by atoms with Crippen LogP contribution in [0.15, 0.2) is 0 Å². The van der Waals surface area contributed by atoms with Gasteiger partial charge in [0.25, 0.3) is 0 Å². The maximum atomic E-state index is 5.29. The Bertz CT molecular complexity index is 104. The first-order valence-corrected chi connectivity index (χ1v) is 5.47. The number of ether oxygens (including phenoxy) is 1. The van der Waals surface area contributed by atoms with E-state index in [1.165, 1.54) is 19.3 Å². The minimum atomic E-state index is 0.668. The molecule has 0 aromatic heterocycles. The number of rotatable bonds is 8. The summed E-state index contributed by atoms with van der Waals surface area (Å²) in [6.45, 7) is 8.35. The smallest absolute Gasteiger partial charge is 0.0465 e. The van der Waals surface area contributed by atoms with E-state index in [4.69, 9.17) is 4.74 Å². The van der Waals surface area contributed by atoms with Crippen LogP contribution in [0.2, 0.25) is 0 Å². The van der Waals surface area contributed by atoms with Crippen LogP contribution in [0, 0.1) is 5.92 Å². The van der Waals surface area contributed by atoms with Gasteiger partial charge in [0.05, 0.1) is 0 Å². The molecule has 0 radical (unpaired) electrons. The molecule has 1 N–H and O–H groups in total. The molecular formula is C11H25NO. The zero-order valence-corrected chi connectivity index (χ0v) is 9.60. The van der Waals surface area contributed by atoms with Gasteiger partial charge in [-0.05, 0) is 39.2 Å². The van der Waals surface area contributed by atoms with Gasteiger partial charge in [-0.2, -0.15) is 0 Å². The predicted octanol–water partition coefficient (Wildman–Crippen LogP) is 2.44. The van der Waals surface area contributed by atoms with Crippen molar-refractivity contribution in [1.82, 2.24) is 5.32 Å². The lowest BCUT2D eigenvalue weighted by molar-refractivity contribution is 0.141. The standard InChI is InChI=1S/C11H25NO/c1-5-13-9-7-6-8-11(12-4)10(2)3/h10-12H,5-9H2,1-4H3. The van der Waals surface area contributed by atoms with Gasteiger partial charge in [0.1, 0.15) is 0 Å². The molecule has 0 aliphatic rings. The molecule has 0 amide bonds. The van der Waals surface area contributed by atoms with Gasteiger partial charge in [0, 0.05) is 19.3 Å². The molecule has 0 saturated carbocycles. The Balaban J connectivity index is 3.28. The minimum Gasteiger partial charge on any atom is -0.382 e. The van der Waals surface area contributed by atoms with E-state index in [-0.39, 0.29) is 0 Å². The van der Waals surface area contributed by atoms with E-state index in [1.54, 1.807) is 0 Å². The highest BCUT2D eigenvalue weighted by Gasteiger charge is 2.09. The van der Waals surface area contributed by atoms with Crippen LogP contribution in [-0.2, 0) is 4.74 Å². The van der Waals surface area contributed by atoms with Crippen molar-refractivity contribution in [2.24, 2.45) is 5.92 Å². The summed E-state index contributed by atoms with van der Waals surface area (Å²) in [4.78, 5) is 0. The summed E-state index contributed by atoms with van der Waals surface area (Å²) in [7, 11) is 2.05. The van der Waals surface area contributed by atoms with E-state index in [2.05, 4.69) is 19.2 Å². The van der Waals surface area contributed by atoms with E-state index < -0.39 is 0 Å². The summed E-state index contributed by atoms with van der Waals surface area (Å²) in [6, 6.07) is 0.668. The molecule has 1 atom stereocenters. The van der Waals surface area contributed by atoms with Crippen LogP contribution in [0.25, 0.3) is 0 Å². The fourth-order valence-electron chi connectivity index (χ4n) is 1.52. The second kappa shape index (κ2) is 8.52. The summed E-state index contributed by atoms with van der Waals surface area (Å²) in [5, 5.41) is 3.35. The van der Waals surface area contributed by atoms with E-state index in [0.717, 1.165) is 19.1 Å². The Kier molecular flexibility index (Phi) is 8.46. The highest BCUT2D eigenvalue weighted by molar-refractivity contribution is 4.67. The fourth-order valence-corrected chi connectivity index (χ4v) is 1.52. The largest absolute Gasteiger partial charge is 0.382 e. The molecule has 0 heterocycles. The molecule has 2 nitrogen and oxygen atoms in total. The molecule has 0 fully saturated rings. The fraction of sp³-hybridized carbons (Fsp3) is 1.00. The molecule has 0 aliphatic heterocycles. The highest BCUT2D eigenvalue weighted by atomic mass is 16.5. The summed E-state index contributed by atoms with van der Waals surface area (Å²) in [5.41, 5.74) is 0. The van der Waals surface area contributed by atoms with Gasteiger partial charge >= 0.3 is 0 Å². The zero-order chi connectivity index (χ0) is 10.1. The quantitative estimate of drug-likeness (QED) is 0.589. The van der Waals surface area contributed by atoms with Crippen molar-refractivity contribution < 1.29 is 4.74 Å². The van der Waals surface area contributed by atoms with Crippen molar-refractivity contribution in [3.05, 3.63) is 0 Å². The molecule has 0 aromatic rings. The van der Waals surface area contributed by atoms with Gasteiger partial charge in [0.2, 0.25) is 0 Å². The highest BCUT2D eigenvalue weighted by Crippen LogP contribution is 2.09. The van der Waals surface area contributed by atoms with Crippen molar-refractivity contribution in [2.75, 3.05) is 20.3 Å². The average Bonchev–Trinajstić information content (AvgIpc) is 2.10. The zero-order valence-electron chi connectivity index (χ0n) is 9.60.